The van der Waals surface area contributed by atoms with E-state index in [1.165, 1.54) is 5.57 Å². The van der Waals surface area contributed by atoms with Gasteiger partial charge in [0.2, 0.25) is 0 Å². The predicted octanol–water partition coefficient (Wildman–Crippen LogP) is 2.88. The fourth-order valence-electron chi connectivity index (χ4n) is 4.73. The smallest absolute Gasteiger partial charge is 0.184 e. The van der Waals surface area contributed by atoms with Gasteiger partial charge < -0.3 is 28.8 Å². The van der Waals surface area contributed by atoms with E-state index in [0.717, 1.165) is 24.0 Å². The van der Waals surface area contributed by atoms with Gasteiger partial charge in [0.25, 0.3) is 0 Å². The van der Waals surface area contributed by atoms with Crippen molar-refractivity contribution in [1.82, 2.24) is 0 Å². The number of fused-ring (bicyclic) bond motifs is 5. The molecule has 0 saturated carbocycles. The third-order valence-electron chi connectivity index (χ3n) is 5.88. The van der Waals surface area contributed by atoms with Crippen LogP contribution in [0, 0.1) is 5.21 Å². The molecule has 0 aromatic heterocycles. The average molecular weight is 347 g/mol. The summed E-state index contributed by atoms with van der Waals surface area (Å²) in [5.74, 6) is 1.32. The largest absolute Gasteiger partial charge is 0.633 e. The molecule has 0 radical (unpaired) electrons. The number of methoxy groups -OCH3 is 3. The maximum atomic E-state index is 13.1. The minimum absolute atomic E-state index is 0.00575. The third-order valence-corrected chi connectivity index (χ3v) is 5.88. The third kappa shape index (κ3) is 2.47. The van der Waals surface area contributed by atoms with Crippen molar-refractivity contribution in [2.75, 3.05) is 34.9 Å². The van der Waals surface area contributed by atoms with Crippen molar-refractivity contribution < 1.29 is 23.6 Å². The number of likely N-dealkylation sites (tertiary alicyclic amines) is 1. The average Bonchev–Trinajstić information content (AvgIpc) is 2.94. The van der Waals surface area contributed by atoms with Crippen LogP contribution >= 0.6 is 0 Å². The maximum Gasteiger partial charge on any atom is 0.184 e. The first-order chi connectivity index (χ1) is 12.0. The van der Waals surface area contributed by atoms with Gasteiger partial charge in [-0.1, -0.05) is 6.08 Å². The highest BCUT2D eigenvalue weighted by atomic mass is 16.7. The molecule has 1 aromatic rings. The summed E-state index contributed by atoms with van der Waals surface area (Å²) in [6, 6.07) is 3.82. The van der Waals surface area contributed by atoms with Gasteiger partial charge in [0.1, 0.15) is 6.04 Å². The van der Waals surface area contributed by atoms with Gasteiger partial charge in [0.15, 0.2) is 17.8 Å². The highest BCUT2D eigenvalue weighted by Gasteiger charge is 2.51. The van der Waals surface area contributed by atoms with Gasteiger partial charge >= 0.3 is 0 Å². The zero-order chi connectivity index (χ0) is 17.8. The van der Waals surface area contributed by atoms with E-state index < -0.39 is 6.29 Å². The van der Waals surface area contributed by atoms with E-state index in [1.54, 1.807) is 28.4 Å². The SMILES string of the molecule is COc1cc2c(cc1OC)[C@H]1[C@H]3C(=CC[C@H]1O[C@H]2OC)CC[N+]3(C)[O-]. The first-order valence-corrected chi connectivity index (χ1v) is 8.69. The van der Waals surface area contributed by atoms with Gasteiger partial charge in [-0.25, -0.2) is 0 Å². The van der Waals surface area contributed by atoms with E-state index in [2.05, 4.69) is 6.08 Å². The monoisotopic (exact) mass is 347 g/mol. The lowest BCUT2D eigenvalue weighted by Crippen LogP contribution is -2.52. The lowest BCUT2D eigenvalue weighted by molar-refractivity contribution is -0.872. The van der Waals surface area contributed by atoms with Crippen molar-refractivity contribution in [3.8, 4) is 11.5 Å². The topological polar surface area (TPSA) is 60.0 Å². The molecule has 3 aliphatic rings. The van der Waals surface area contributed by atoms with Gasteiger partial charge in [0, 0.05) is 19.1 Å². The van der Waals surface area contributed by atoms with Crippen molar-refractivity contribution in [1.29, 1.82) is 0 Å². The Morgan fingerprint density at radius 2 is 1.80 bits per heavy atom. The van der Waals surface area contributed by atoms with Crippen molar-refractivity contribution >= 4 is 0 Å². The first kappa shape index (κ1) is 16.8. The summed E-state index contributed by atoms with van der Waals surface area (Å²) >= 11 is 0. The molecule has 1 unspecified atom stereocenters. The van der Waals surface area contributed by atoms with Crippen LogP contribution in [0.4, 0.5) is 0 Å². The highest BCUT2D eigenvalue weighted by Crippen LogP contribution is 2.52. The first-order valence-electron chi connectivity index (χ1n) is 8.69. The number of hydroxylamine groups is 3. The number of nitrogens with zero attached hydrogens (tertiary/aromatic N) is 1. The van der Waals surface area contributed by atoms with E-state index in [1.807, 2.05) is 12.1 Å². The van der Waals surface area contributed by atoms with E-state index in [9.17, 15) is 5.21 Å². The Kier molecular flexibility index (Phi) is 4.03. The molecular formula is C19H25NO5. The number of hydrogen-bond donors (Lipinski definition) is 0. The minimum Gasteiger partial charge on any atom is -0.633 e. The molecule has 0 bridgehead atoms. The second kappa shape index (κ2) is 5.99. The second-order valence-electron chi connectivity index (χ2n) is 7.21. The number of benzene rings is 1. The fourth-order valence-corrected chi connectivity index (χ4v) is 4.73. The standard InChI is InChI=1S/C19H25NO5/c1-20(21)8-7-11-5-6-14-17(18(11)20)12-9-15(22-2)16(23-3)10-13(12)19(24-4)25-14/h5,9-10,14,17-19H,6-8H2,1-4H3/t14-,17-,18-,19-,20?/m1/s1. The summed E-state index contributed by atoms with van der Waals surface area (Å²) in [7, 11) is 6.66. The van der Waals surface area contributed by atoms with Gasteiger partial charge in [-0.15, -0.1) is 0 Å². The molecule has 5 atom stereocenters. The van der Waals surface area contributed by atoms with E-state index >= 15 is 0 Å². The molecule has 1 aliphatic carbocycles. The van der Waals surface area contributed by atoms with Crippen molar-refractivity contribution in [2.45, 2.75) is 37.2 Å². The highest BCUT2D eigenvalue weighted by molar-refractivity contribution is 5.51. The van der Waals surface area contributed by atoms with E-state index in [-0.39, 0.29) is 22.7 Å². The number of quaternary nitrogens is 1. The number of hydrogen-bond acceptors (Lipinski definition) is 5. The van der Waals surface area contributed by atoms with Crippen molar-refractivity contribution in [3.63, 3.8) is 0 Å². The Bertz CT molecular complexity index is 714. The van der Waals surface area contributed by atoms with Crippen molar-refractivity contribution in [2.24, 2.45) is 0 Å². The van der Waals surface area contributed by atoms with Gasteiger partial charge in [-0.05, 0) is 29.7 Å². The summed E-state index contributed by atoms with van der Waals surface area (Å²) < 4.78 is 22.5. The molecule has 1 aromatic carbocycles. The molecule has 0 N–H and O–H groups in total. The van der Waals surface area contributed by atoms with Crippen LogP contribution in [-0.2, 0) is 9.47 Å². The number of ether oxygens (including phenoxy) is 4. The Hall–Kier alpha value is -1.60. The molecule has 0 amide bonds. The molecule has 6 nitrogen and oxygen atoms in total. The zero-order valence-electron chi connectivity index (χ0n) is 15.2. The Morgan fingerprint density at radius 3 is 2.44 bits per heavy atom. The molecule has 25 heavy (non-hydrogen) atoms. The maximum absolute atomic E-state index is 13.1. The Balaban J connectivity index is 1.89. The summed E-state index contributed by atoms with van der Waals surface area (Å²) in [6.07, 6.45) is 3.35. The van der Waals surface area contributed by atoms with Crippen LogP contribution < -0.4 is 9.47 Å². The molecule has 1 saturated heterocycles. The lowest BCUT2D eigenvalue weighted by Gasteiger charge is -2.50. The molecule has 136 valence electrons. The van der Waals surface area contributed by atoms with Crippen LogP contribution in [0.2, 0.25) is 0 Å². The molecule has 6 heteroatoms. The molecule has 4 rings (SSSR count). The molecular weight excluding hydrogens is 322 g/mol. The Morgan fingerprint density at radius 1 is 1.12 bits per heavy atom. The lowest BCUT2D eigenvalue weighted by atomic mass is 9.74. The quantitative estimate of drug-likeness (QED) is 0.478. The summed E-state index contributed by atoms with van der Waals surface area (Å²) in [5, 5.41) is 13.1. The molecule has 1 fully saturated rings. The summed E-state index contributed by atoms with van der Waals surface area (Å²) in [6.45, 7) is 0.621. The normalized spacial score (nSPS) is 36.1. The minimum atomic E-state index is -0.460. The van der Waals surface area contributed by atoms with Crippen LogP contribution in [0.3, 0.4) is 0 Å². The Labute approximate surface area is 148 Å². The fraction of sp³-hybridized carbons (Fsp3) is 0.579. The van der Waals surface area contributed by atoms with Gasteiger partial charge in [-0.3, -0.25) is 0 Å². The molecule has 0 spiro atoms. The number of likely N-dealkylation sites (N-methyl/N-ethyl adjacent to an activating group) is 1. The second-order valence-corrected chi connectivity index (χ2v) is 7.21. The van der Waals surface area contributed by atoms with E-state index in [0.29, 0.717) is 18.0 Å². The molecule has 2 aliphatic heterocycles. The summed E-state index contributed by atoms with van der Waals surface area (Å²) in [4.78, 5) is 0. The zero-order valence-corrected chi connectivity index (χ0v) is 15.2. The van der Waals surface area contributed by atoms with Crippen LogP contribution in [0.25, 0.3) is 0 Å². The predicted molar refractivity (Wildman–Crippen MR) is 92.4 cm³/mol. The van der Waals surface area contributed by atoms with E-state index in [4.69, 9.17) is 18.9 Å². The van der Waals surface area contributed by atoms with Crippen LogP contribution in [0.1, 0.15) is 36.2 Å². The van der Waals surface area contributed by atoms with Crippen LogP contribution in [-0.4, -0.2) is 51.7 Å². The number of rotatable bonds is 3. The van der Waals surface area contributed by atoms with Crippen molar-refractivity contribution in [3.05, 3.63) is 40.1 Å². The van der Waals surface area contributed by atoms with Gasteiger partial charge in [0.05, 0.1) is 39.8 Å². The van der Waals surface area contributed by atoms with Crippen LogP contribution in [0.15, 0.2) is 23.8 Å². The summed E-state index contributed by atoms with van der Waals surface area (Å²) in [5.41, 5.74) is 3.27. The molecule has 2 heterocycles. The van der Waals surface area contributed by atoms with Gasteiger partial charge in [-0.2, -0.15) is 0 Å². The van der Waals surface area contributed by atoms with Crippen LogP contribution in [0.5, 0.6) is 11.5 Å².